The van der Waals surface area contributed by atoms with Crippen molar-refractivity contribution in [3.05, 3.63) is 24.3 Å². The maximum absolute atomic E-state index is 13.0. The summed E-state index contributed by atoms with van der Waals surface area (Å²) in [5, 5.41) is 11.7. The largest absolute Gasteiger partial charge is 0.480 e. The molecule has 0 aromatic heterocycles. The number of rotatable bonds is 7. The van der Waals surface area contributed by atoms with Crippen molar-refractivity contribution >= 4 is 23.9 Å². The van der Waals surface area contributed by atoms with Gasteiger partial charge < -0.3 is 15.2 Å². The fraction of sp³-hybridized carbons (Fsp3) is 0.652. The SMILES string of the molecule is CC(C)(C)OC(=O)NC(CCCCN1C(=O)C2C3C=CC(C4C=CC43)C2C1=O)C(=O)O. The van der Waals surface area contributed by atoms with Gasteiger partial charge in [0.05, 0.1) is 11.8 Å². The molecule has 8 heteroatoms. The summed E-state index contributed by atoms with van der Waals surface area (Å²) in [6, 6.07) is -1.08. The fourth-order valence-electron chi connectivity index (χ4n) is 5.50. The normalized spacial score (nSPS) is 33.6. The number of imide groups is 1. The zero-order valence-corrected chi connectivity index (χ0v) is 18.1. The number of hydrogen-bond donors (Lipinski definition) is 2. The highest BCUT2D eigenvalue weighted by atomic mass is 16.6. The molecule has 0 aromatic carbocycles. The lowest BCUT2D eigenvalue weighted by Gasteiger charge is -2.51. The van der Waals surface area contributed by atoms with Gasteiger partial charge in [0.25, 0.3) is 0 Å². The predicted octanol–water partition coefficient (Wildman–Crippen LogP) is 2.35. The summed E-state index contributed by atoms with van der Waals surface area (Å²) < 4.78 is 5.11. The van der Waals surface area contributed by atoms with E-state index in [4.69, 9.17) is 4.74 Å². The molecule has 7 unspecified atom stereocenters. The van der Waals surface area contributed by atoms with Gasteiger partial charge in [-0.1, -0.05) is 24.3 Å². The van der Waals surface area contributed by atoms with Gasteiger partial charge in [-0.2, -0.15) is 0 Å². The average molecular weight is 431 g/mol. The van der Waals surface area contributed by atoms with Crippen LogP contribution >= 0.6 is 0 Å². The minimum atomic E-state index is -1.14. The highest BCUT2D eigenvalue weighted by molar-refractivity contribution is 6.06. The number of ether oxygens (including phenoxy) is 1. The first kappa shape index (κ1) is 21.6. The summed E-state index contributed by atoms with van der Waals surface area (Å²) in [6.45, 7) is 5.39. The molecule has 1 heterocycles. The van der Waals surface area contributed by atoms with Gasteiger partial charge in [-0.3, -0.25) is 14.5 Å². The van der Waals surface area contributed by atoms with Crippen molar-refractivity contribution in [2.45, 2.75) is 51.7 Å². The molecule has 5 aliphatic rings. The van der Waals surface area contributed by atoms with Crippen LogP contribution in [0.3, 0.4) is 0 Å². The molecule has 31 heavy (non-hydrogen) atoms. The quantitative estimate of drug-likeness (QED) is 0.364. The van der Waals surface area contributed by atoms with Crippen LogP contribution in [-0.4, -0.2) is 52.1 Å². The first-order valence-corrected chi connectivity index (χ1v) is 11.0. The third kappa shape index (κ3) is 3.88. The van der Waals surface area contributed by atoms with E-state index in [1.807, 2.05) is 0 Å². The van der Waals surface area contributed by atoms with Crippen molar-refractivity contribution in [3.63, 3.8) is 0 Å². The first-order valence-electron chi connectivity index (χ1n) is 11.0. The van der Waals surface area contributed by atoms with Crippen LogP contribution in [0.1, 0.15) is 40.0 Å². The summed E-state index contributed by atoms with van der Waals surface area (Å²) in [5.41, 5.74) is -0.719. The number of aliphatic carboxylic acids is 1. The predicted molar refractivity (Wildman–Crippen MR) is 111 cm³/mol. The van der Waals surface area contributed by atoms with Crippen molar-refractivity contribution in [2.24, 2.45) is 35.5 Å². The molecule has 0 aromatic rings. The average Bonchev–Trinajstić information content (AvgIpc) is 2.88. The summed E-state index contributed by atoms with van der Waals surface area (Å²) in [4.78, 5) is 50.7. The maximum Gasteiger partial charge on any atom is 0.408 e. The highest BCUT2D eigenvalue weighted by Crippen LogP contribution is 2.58. The van der Waals surface area contributed by atoms with Gasteiger partial charge in [-0.25, -0.2) is 9.59 Å². The minimum Gasteiger partial charge on any atom is -0.480 e. The third-order valence-electron chi connectivity index (χ3n) is 6.88. The molecule has 4 aliphatic carbocycles. The number of allylic oxidation sites excluding steroid dienone is 4. The van der Waals surface area contributed by atoms with Gasteiger partial charge in [0, 0.05) is 6.54 Å². The Morgan fingerprint density at radius 2 is 1.52 bits per heavy atom. The Morgan fingerprint density at radius 1 is 1.00 bits per heavy atom. The molecule has 1 aliphatic heterocycles. The van der Waals surface area contributed by atoms with E-state index in [1.165, 1.54) is 4.90 Å². The Labute approximate surface area is 181 Å². The van der Waals surface area contributed by atoms with E-state index in [9.17, 15) is 24.3 Å². The number of unbranched alkanes of at least 4 members (excludes halogenated alkanes) is 1. The number of nitrogens with zero attached hydrogens (tertiary/aromatic N) is 1. The van der Waals surface area contributed by atoms with Crippen LogP contribution in [-0.2, 0) is 19.1 Å². The van der Waals surface area contributed by atoms with Gasteiger partial charge in [0.2, 0.25) is 11.8 Å². The van der Waals surface area contributed by atoms with Crippen molar-refractivity contribution in [2.75, 3.05) is 6.54 Å². The fourth-order valence-corrected chi connectivity index (χ4v) is 5.50. The summed E-state index contributed by atoms with van der Waals surface area (Å²) in [6.07, 6.45) is 8.91. The van der Waals surface area contributed by atoms with Crippen molar-refractivity contribution in [1.29, 1.82) is 0 Å². The van der Waals surface area contributed by atoms with Gasteiger partial charge >= 0.3 is 12.1 Å². The van der Waals surface area contributed by atoms with Crippen molar-refractivity contribution in [3.8, 4) is 0 Å². The van der Waals surface area contributed by atoms with Crippen LogP contribution in [0.25, 0.3) is 0 Å². The second kappa shape index (κ2) is 7.80. The summed E-state index contributed by atoms with van der Waals surface area (Å²) >= 11 is 0. The van der Waals surface area contributed by atoms with E-state index in [1.54, 1.807) is 20.8 Å². The number of hydrogen-bond acceptors (Lipinski definition) is 5. The molecular formula is C23H30N2O6. The van der Waals surface area contributed by atoms with Gasteiger partial charge in [-0.05, 0) is 63.7 Å². The number of carbonyl (C=O) groups is 4. The molecule has 168 valence electrons. The van der Waals surface area contributed by atoms with Crippen LogP contribution in [0.5, 0.6) is 0 Å². The standard InChI is InChI=1S/C23H30N2O6/c1-23(2,3)31-22(30)24-16(21(28)29)6-4-5-11-25-19(26)17-14-9-10-15(18(17)20(25)27)13-8-7-12(13)14/h7-10,12-18H,4-6,11H2,1-3H3,(H,24,30)(H,28,29). The number of carbonyl (C=O) groups excluding carboxylic acids is 3. The van der Waals surface area contributed by atoms with Crippen molar-refractivity contribution in [1.82, 2.24) is 10.2 Å². The highest BCUT2D eigenvalue weighted by Gasteiger charge is 2.62. The molecule has 7 atom stereocenters. The smallest absolute Gasteiger partial charge is 0.408 e. The van der Waals surface area contributed by atoms with E-state index in [0.29, 0.717) is 24.7 Å². The topological polar surface area (TPSA) is 113 Å². The number of carboxylic acid groups (broad SMARTS) is 1. The van der Waals surface area contributed by atoms with Gasteiger partial charge in [-0.15, -0.1) is 0 Å². The van der Waals surface area contributed by atoms with Gasteiger partial charge in [0.1, 0.15) is 11.6 Å². The number of likely N-dealkylation sites (tertiary alicyclic amines) is 1. The molecule has 3 amide bonds. The lowest BCUT2D eigenvalue weighted by Crippen LogP contribution is -2.50. The molecule has 2 N–H and O–H groups in total. The molecule has 8 nitrogen and oxygen atoms in total. The van der Waals surface area contributed by atoms with E-state index in [0.717, 1.165) is 0 Å². The molecular weight excluding hydrogens is 400 g/mol. The Morgan fingerprint density at radius 3 is 1.97 bits per heavy atom. The molecule has 0 radical (unpaired) electrons. The molecule has 1 saturated heterocycles. The second-order valence-corrected chi connectivity index (χ2v) is 9.99. The maximum atomic E-state index is 13.0. The summed E-state index contributed by atoms with van der Waals surface area (Å²) in [5.74, 6) is -0.850. The second-order valence-electron chi connectivity index (χ2n) is 9.99. The molecule has 1 saturated carbocycles. The molecule has 2 bridgehead atoms. The lowest BCUT2D eigenvalue weighted by atomic mass is 9.50. The zero-order chi connectivity index (χ0) is 22.5. The number of amides is 3. The minimum absolute atomic E-state index is 0.0882. The van der Waals surface area contributed by atoms with E-state index < -0.39 is 23.7 Å². The molecule has 5 rings (SSSR count). The first-order chi connectivity index (χ1) is 14.6. The monoisotopic (exact) mass is 430 g/mol. The third-order valence-corrected chi connectivity index (χ3v) is 6.88. The van der Waals surface area contributed by atoms with Crippen LogP contribution in [0.15, 0.2) is 24.3 Å². The molecule has 2 fully saturated rings. The van der Waals surface area contributed by atoms with Crippen LogP contribution in [0.4, 0.5) is 4.79 Å². The number of alkyl carbamates (subject to hydrolysis) is 1. The summed E-state index contributed by atoms with van der Waals surface area (Å²) in [7, 11) is 0. The van der Waals surface area contributed by atoms with E-state index >= 15 is 0 Å². The Balaban J connectivity index is 1.29. The van der Waals surface area contributed by atoms with Crippen molar-refractivity contribution < 1.29 is 29.0 Å². The lowest BCUT2D eigenvalue weighted by molar-refractivity contribution is -0.141. The zero-order valence-electron chi connectivity index (χ0n) is 18.1. The van der Waals surface area contributed by atoms with E-state index in [-0.39, 0.29) is 48.5 Å². The number of nitrogens with one attached hydrogen (secondary N) is 1. The Kier molecular flexibility index (Phi) is 5.43. The molecule has 0 spiro atoms. The van der Waals surface area contributed by atoms with Crippen LogP contribution in [0.2, 0.25) is 0 Å². The van der Waals surface area contributed by atoms with E-state index in [2.05, 4.69) is 29.6 Å². The Bertz CT molecular complexity index is 817. The van der Waals surface area contributed by atoms with Gasteiger partial charge in [0.15, 0.2) is 0 Å². The van der Waals surface area contributed by atoms with Crippen LogP contribution < -0.4 is 5.32 Å². The Hall–Kier alpha value is -2.64. The van der Waals surface area contributed by atoms with Crippen LogP contribution in [0, 0.1) is 35.5 Å². The number of carboxylic acids is 1.